The van der Waals surface area contributed by atoms with E-state index in [0.717, 1.165) is 0 Å². The molecule has 128 valence electrons. The molecule has 0 bridgehead atoms. The van der Waals surface area contributed by atoms with E-state index >= 15 is 0 Å². The topological polar surface area (TPSA) is 102 Å². The van der Waals surface area contributed by atoms with Gasteiger partial charge in [0.15, 0.2) is 5.65 Å². The molecule has 1 aliphatic rings. The fourth-order valence-corrected chi connectivity index (χ4v) is 2.78. The number of pyridine rings is 1. The standard InChI is InChI=1S/C16H21N5O3/c1-16(2,3)14(23)21-8-6-20(7-9-21)13(22)11-5-4-10-12(17-11)19-15(24)18-10/h4-5H,6-9H2,1-3H3,(H2,17,18,19,24). The number of carbonyl (C=O) groups excluding carboxylic acids is 2. The number of amides is 2. The molecule has 0 aliphatic carbocycles. The van der Waals surface area contributed by atoms with E-state index in [9.17, 15) is 14.4 Å². The van der Waals surface area contributed by atoms with Gasteiger partial charge in [0.2, 0.25) is 5.91 Å². The second-order valence-corrected chi connectivity index (χ2v) is 7.01. The number of nitrogens with zero attached hydrogens (tertiary/aromatic N) is 3. The van der Waals surface area contributed by atoms with Crippen LogP contribution in [-0.2, 0) is 4.79 Å². The number of hydrogen-bond donors (Lipinski definition) is 2. The Morgan fingerprint density at radius 1 is 1.04 bits per heavy atom. The van der Waals surface area contributed by atoms with Crippen LogP contribution in [0.5, 0.6) is 0 Å². The average molecular weight is 331 g/mol. The number of aromatic amines is 2. The Kier molecular flexibility index (Phi) is 3.90. The van der Waals surface area contributed by atoms with Gasteiger partial charge in [-0.25, -0.2) is 9.78 Å². The van der Waals surface area contributed by atoms with Crippen molar-refractivity contribution in [1.82, 2.24) is 24.8 Å². The summed E-state index contributed by atoms with van der Waals surface area (Å²) in [6, 6.07) is 3.26. The molecule has 0 saturated carbocycles. The summed E-state index contributed by atoms with van der Waals surface area (Å²) in [6.07, 6.45) is 0. The zero-order chi connectivity index (χ0) is 17.5. The van der Waals surface area contributed by atoms with Crippen LogP contribution in [0, 0.1) is 5.41 Å². The lowest BCUT2D eigenvalue weighted by molar-refractivity contribution is -0.140. The molecule has 1 fully saturated rings. The zero-order valence-corrected chi connectivity index (χ0v) is 14.0. The Bertz CT molecular complexity index is 837. The smallest absolute Gasteiger partial charge is 0.325 e. The van der Waals surface area contributed by atoms with E-state index in [2.05, 4.69) is 15.0 Å². The summed E-state index contributed by atoms with van der Waals surface area (Å²) in [4.78, 5) is 49.0. The van der Waals surface area contributed by atoms with Crippen LogP contribution in [-0.4, -0.2) is 62.7 Å². The number of nitrogens with one attached hydrogen (secondary N) is 2. The second kappa shape index (κ2) is 5.77. The molecular formula is C16H21N5O3. The first-order valence-corrected chi connectivity index (χ1v) is 7.93. The van der Waals surface area contributed by atoms with Gasteiger partial charge in [0.1, 0.15) is 5.69 Å². The molecule has 8 heteroatoms. The molecule has 0 aromatic carbocycles. The predicted molar refractivity (Wildman–Crippen MR) is 88.7 cm³/mol. The molecule has 0 atom stereocenters. The number of rotatable bonds is 1. The van der Waals surface area contributed by atoms with Crippen molar-refractivity contribution in [2.75, 3.05) is 26.2 Å². The van der Waals surface area contributed by atoms with Gasteiger partial charge in [-0.2, -0.15) is 0 Å². The predicted octanol–water partition coefficient (Wildman–Crippen LogP) is 0.582. The third-order valence-corrected chi connectivity index (χ3v) is 4.09. The fourth-order valence-electron chi connectivity index (χ4n) is 2.78. The van der Waals surface area contributed by atoms with Crippen LogP contribution in [0.15, 0.2) is 16.9 Å². The van der Waals surface area contributed by atoms with Crippen molar-refractivity contribution < 1.29 is 9.59 Å². The molecule has 8 nitrogen and oxygen atoms in total. The molecule has 0 unspecified atom stereocenters. The number of carbonyl (C=O) groups is 2. The highest BCUT2D eigenvalue weighted by atomic mass is 16.2. The van der Waals surface area contributed by atoms with Crippen molar-refractivity contribution in [3.05, 3.63) is 28.3 Å². The van der Waals surface area contributed by atoms with Crippen molar-refractivity contribution in [3.63, 3.8) is 0 Å². The number of imidazole rings is 1. The van der Waals surface area contributed by atoms with E-state index in [0.29, 0.717) is 37.3 Å². The maximum Gasteiger partial charge on any atom is 0.325 e. The maximum absolute atomic E-state index is 12.6. The molecule has 2 aromatic rings. The van der Waals surface area contributed by atoms with Crippen LogP contribution in [0.2, 0.25) is 0 Å². The van der Waals surface area contributed by atoms with E-state index in [1.807, 2.05) is 20.8 Å². The molecule has 2 N–H and O–H groups in total. The van der Waals surface area contributed by atoms with Gasteiger partial charge in [-0.05, 0) is 12.1 Å². The van der Waals surface area contributed by atoms with E-state index in [-0.39, 0.29) is 23.2 Å². The summed E-state index contributed by atoms with van der Waals surface area (Å²) in [5.41, 5.74) is 0.452. The minimum Gasteiger partial charge on any atom is -0.339 e. The Morgan fingerprint density at radius 2 is 1.67 bits per heavy atom. The minimum atomic E-state index is -0.418. The quantitative estimate of drug-likeness (QED) is 0.798. The Labute approximate surface area is 138 Å². The lowest BCUT2D eigenvalue weighted by Crippen LogP contribution is -2.53. The Balaban J connectivity index is 1.70. The van der Waals surface area contributed by atoms with Crippen molar-refractivity contribution >= 4 is 23.0 Å². The molecule has 1 aliphatic heterocycles. The summed E-state index contributed by atoms with van der Waals surface area (Å²) in [7, 11) is 0. The summed E-state index contributed by atoms with van der Waals surface area (Å²) in [5, 5.41) is 0. The second-order valence-electron chi connectivity index (χ2n) is 7.01. The molecular weight excluding hydrogens is 310 g/mol. The molecule has 0 radical (unpaired) electrons. The molecule has 2 amide bonds. The van der Waals surface area contributed by atoms with E-state index in [1.54, 1.807) is 21.9 Å². The molecule has 24 heavy (non-hydrogen) atoms. The first kappa shape index (κ1) is 16.2. The highest BCUT2D eigenvalue weighted by molar-refractivity contribution is 5.94. The van der Waals surface area contributed by atoms with Gasteiger partial charge in [-0.1, -0.05) is 20.8 Å². The van der Waals surface area contributed by atoms with Crippen molar-refractivity contribution in [1.29, 1.82) is 0 Å². The van der Waals surface area contributed by atoms with Crippen LogP contribution in [0.4, 0.5) is 0 Å². The summed E-state index contributed by atoms with van der Waals surface area (Å²) < 4.78 is 0. The monoisotopic (exact) mass is 331 g/mol. The van der Waals surface area contributed by atoms with Crippen LogP contribution in [0.1, 0.15) is 31.3 Å². The van der Waals surface area contributed by atoms with Gasteiger partial charge in [0, 0.05) is 31.6 Å². The van der Waals surface area contributed by atoms with Crippen molar-refractivity contribution in [3.8, 4) is 0 Å². The summed E-state index contributed by atoms with van der Waals surface area (Å²) in [6.45, 7) is 7.67. The number of hydrogen-bond acceptors (Lipinski definition) is 4. The fraction of sp³-hybridized carbons (Fsp3) is 0.500. The van der Waals surface area contributed by atoms with Gasteiger partial charge in [-0.15, -0.1) is 0 Å². The van der Waals surface area contributed by atoms with Gasteiger partial charge >= 0.3 is 5.69 Å². The minimum absolute atomic E-state index is 0.0963. The Hall–Kier alpha value is -2.64. The van der Waals surface area contributed by atoms with Gasteiger partial charge < -0.3 is 14.8 Å². The van der Waals surface area contributed by atoms with Crippen LogP contribution in [0.25, 0.3) is 11.2 Å². The number of aromatic nitrogens is 3. The molecule has 3 rings (SSSR count). The average Bonchev–Trinajstić information content (AvgIpc) is 2.91. The highest BCUT2D eigenvalue weighted by Crippen LogP contribution is 2.19. The largest absolute Gasteiger partial charge is 0.339 e. The van der Waals surface area contributed by atoms with E-state index in [1.165, 1.54) is 0 Å². The summed E-state index contributed by atoms with van der Waals surface area (Å²) >= 11 is 0. The van der Waals surface area contributed by atoms with Crippen molar-refractivity contribution in [2.45, 2.75) is 20.8 Å². The maximum atomic E-state index is 12.6. The first-order valence-electron chi connectivity index (χ1n) is 7.93. The van der Waals surface area contributed by atoms with Gasteiger partial charge in [0.25, 0.3) is 5.91 Å². The SMILES string of the molecule is CC(C)(C)C(=O)N1CCN(C(=O)c2ccc3[nH]c(=O)[nH]c3n2)CC1. The molecule has 0 spiro atoms. The van der Waals surface area contributed by atoms with Crippen LogP contribution < -0.4 is 5.69 Å². The normalized spacial score (nSPS) is 15.8. The Morgan fingerprint density at radius 3 is 2.29 bits per heavy atom. The van der Waals surface area contributed by atoms with Crippen LogP contribution >= 0.6 is 0 Å². The third kappa shape index (κ3) is 3.04. The van der Waals surface area contributed by atoms with Crippen molar-refractivity contribution in [2.24, 2.45) is 5.41 Å². The number of fused-ring (bicyclic) bond motifs is 1. The van der Waals surface area contributed by atoms with Gasteiger partial charge in [0.05, 0.1) is 5.52 Å². The number of piperazine rings is 1. The van der Waals surface area contributed by atoms with Gasteiger partial charge in [-0.3, -0.25) is 14.6 Å². The lowest BCUT2D eigenvalue weighted by Gasteiger charge is -2.37. The molecule has 1 saturated heterocycles. The van der Waals surface area contributed by atoms with E-state index < -0.39 is 5.41 Å². The van der Waals surface area contributed by atoms with E-state index in [4.69, 9.17) is 0 Å². The highest BCUT2D eigenvalue weighted by Gasteiger charge is 2.31. The third-order valence-electron chi connectivity index (χ3n) is 4.09. The number of H-pyrrole nitrogens is 2. The first-order chi connectivity index (χ1) is 11.3. The lowest BCUT2D eigenvalue weighted by atomic mass is 9.94. The molecule has 3 heterocycles. The van der Waals surface area contributed by atoms with Crippen LogP contribution in [0.3, 0.4) is 0 Å². The zero-order valence-electron chi connectivity index (χ0n) is 14.0. The summed E-state index contributed by atoms with van der Waals surface area (Å²) in [5.74, 6) is -0.0964. The molecule has 2 aromatic heterocycles.